The van der Waals surface area contributed by atoms with E-state index in [1.54, 1.807) is 22.6 Å². The highest BCUT2D eigenvalue weighted by atomic mass is 32.2. The standard InChI is InChI=1S/C17H28N6O2S/c1-5-8-26-17-21-15(19-9-12(2)3)13-10-20-23(16(13)22-17)7-6-18-14(24)11-25-4/h10,12H,5-9,11H2,1-4H3,(H,18,24)(H,19,21,22). The van der Waals surface area contributed by atoms with Crippen molar-refractivity contribution in [1.82, 2.24) is 25.1 Å². The van der Waals surface area contributed by atoms with Crippen LogP contribution in [0.1, 0.15) is 27.2 Å². The van der Waals surface area contributed by atoms with Crippen LogP contribution in [0.5, 0.6) is 0 Å². The molecule has 2 N–H and O–H groups in total. The smallest absolute Gasteiger partial charge is 0.246 e. The molecule has 0 unspecified atom stereocenters. The molecule has 0 spiro atoms. The molecular weight excluding hydrogens is 352 g/mol. The number of nitrogens with zero attached hydrogens (tertiary/aromatic N) is 4. The second kappa shape index (κ2) is 10.3. The van der Waals surface area contributed by atoms with Gasteiger partial charge >= 0.3 is 0 Å². The van der Waals surface area contributed by atoms with Crippen molar-refractivity contribution in [3.8, 4) is 0 Å². The van der Waals surface area contributed by atoms with Gasteiger partial charge in [-0.15, -0.1) is 0 Å². The third kappa shape index (κ3) is 5.84. The van der Waals surface area contributed by atoms with Crippen molar-refractivity contribution in [2.75, 3.05) is 37.9 Å². The van der Waals surface area contributed by atoms with E-state index in [1.165, 1.54) is 7.11 Å². The average molecular weight is 381 g/mol. The largest absolute Gasteiger partial charge is 0.375 e. The van der Waals surface area contributed by atoms with Gasteiger partial charge in [0.15, 0.2) is 10.8 Å². The minimum absolute atomic E-state index is 0.0586. The number of carbonyl (C=O) groups excluding carboxylic acids is 1. The number of methoxy groups -OCH3 is 1. The van der Waals surface area contributed by atoms with Crippen molar-refractivity contribution in [2.45, 2.75) is 38.9 Å². The van der Waals surface area contributed by atoms with Gasteiger partial charge in [0.1, 0.15) is 12.4 Å². The van der Waals surface area contributed by atoms with E-state index < -0.39 is 0 Å². The number of anilines is 1. The Labute approximate surface area is 158 Å². The summed E-state index contributed by atoms with van der Waals surface area (Å²) in [5.74, 6) is 2.16. The van der Waals surface area contributed by atoms with Crippen molar-refractivity contribution >= 4 is 34.5 Å². The number of hydrogen-bond donors (Lipinski definition) is 2. The molecule has 0 bridgehead atoms. The molecule has 1 amide bonds. The summed E-state index contributed by atoms with van der Waals surface area (Å²) in [6.45, 7) is 8.35. The van der Waals surface area contributed by atoms with Gasteiger partial charge in [0.05, 0.1) is 18.1 Å². The highest BCUT2D eigenvalue weighted by molar-refractivity contribution is 7.99. The Morgan fingerprint density at radius 2 is 2.19 bits per heavy atom. The zero-order valence-electron chi connectivity index (χ0n) is 15.9. The summed E-state index contributed by atoms with van der Waals surface area (Å²) < 4.78 is 6.62. The molecule has 0 saturated heterocycles. The lowest BCUT2D eigenvalue weighted by Crippen LogP contribution is -2.30. The zero-order chi connectivity index (χ0) is 18.9. The lowest BCUT2D eigenvalue weighted by Gasteiger charge is -2.11. The first-order valence-electron chi connectivity index (χ1n) is 8.91. The monoisotopic (exact) mass is 380 g/mol. The van der Waals surface area contributed by atoms with Gasteiger partial charge in [0.25, 0.3) is 0 Å². The Balaban J connectivity index is 2.19. The van der Waals surface area contributed by atoms with Crippen LogP contribution in [-0.2, 0) is 16.1 Å². The van der Waals surface area contributed by atoms with E-state index in [-0.39, 0.29) is 12.5 Å². The van der Waals surface area contributed by atoms with Crippen LogP contribution in [0.25, 0.3) is 11.0 Å². The molecule has 2 rings (SSSR count). The van der Waals surface area contributed by atoms with Crippen LogP contribution in [0.3, 0.4) is 0 Å². The molecule has 2 heterocycles. The van der Waals surface area contributed by atoms with Crippen LogP contribution in [0.4, 0.5) is 5.82 Å². The van der Waals surface area contributed by atoms with Crippen LogP contribution in [0, 0.1) is 5.92 Å². The molecule has 0 radical (unpaired) electrons. The number of ether oxygens (including phenoxy) is 1. The number of amides is 1. The third-order valence-electron chi connectivity index (χ3n) is 3.51. The maximum Gasteiger partial charge on any atom is 0.246 e. The Kier molecular flexibility index (Phi) is 8.11. The SMILES string of the molecule is CCCSc1nc(NCC(C)C)c2cnn(CCNC(=O)COC)c2n1. The average Bonchev–Trinajstić information content (AvgIpc) is 3.01. The molecule has 26 heavy (non-hydrogen) atoms. The lowest BCUT2D eigenvalue weighted by molar-refractivity contribution is -0.124. The fourth-order valence-electron chi connectivity index (χ4n) is 2.28. The quantitative estimate of drug-likeness (QED) is 0.456. The minimum Gasteiger partial charge on any atom is -0.375 e. The topological polar surface area (TPSA) is 94.0 Å². The van der Waals surface area contributed by atoms with E-state index in [1.807, 2.05) is 0 Å². The van der Waals surface area contributed by atoms with E-state index in [0.717, 1.165) is 40.7 Å². The number of aromatic nitrogens is 4. The van der Waals surface area contributed by atoms with Crippen molar-refractivity contribution < 1.29 is 9.53 Å². The number of thioether (sulfide) groups is 1. The third-order valence-corrected chi connectivity index (χ3v) is 4.56. The van der Waals surface area contributed by atoms with E-state index >= 15 is 0 Å². The number of rotatable bonds is 11. The first-order chi connectivity index (χ1) is 12.5. The van der Waals surface area contributed by atoms with Gasteiger partial charge in [0, 0.05) is 26.0 Å². The van der Waals surface area contributed by atoms with Crippen molar-refractivity contribution in [2.24, 2.45) is 5.92 Å². The number of nitrogens with one attached hydrogen (secondary N) is 2. The Hall–Kier alpha value is -1.87. The normalized spacial score (nSPS) is 11.3. The van der Waals surface area contributed by atoms with Crippen molar-refractivity contribution in [3.63, 3.8) is 0 Å². The maximum atomic E-state index is 11.5. The molecular formula is C17H28N6O2S. The molecule has 0 fully saturated rings. The van der Waals surface area contributed by atoms with E-state index in [2.05, 4.69) is 46.5 Å². The molecule has 0 aromatic carbocycles. The van der Waals surface area contributed by atoms with E-state index in [9.17, 15) is 4.79 Å². The summed E-state index contributed by atoms with van der Waals surface area (Å²) in [5, 5.41) is 12.3. The molecule has 8 nitrogen and oxygen atoms in total. The highest BCUT2D eigenvalue weighted by Crippen LogP contribution is 2.25. The van der Waals surface area contributed by atoms with Crippen molar-refractivity contribution in [3.05, 3.63) is 6.20 Å². The fourth-order valence-corrected chi connectivity index (χ4v) is 2.97. The van der Waals surface area contributed by atoms with Gasteiger partial charge in [-0.05, 0) is 12.3 Å². The van der Waals surface area contributed by atoms with Gasteiger partial charge in [-0.2, -0.15) is 5.10 Å². The molecule has 144 valence electrons. The molecule has 0 atom stereocenters. The number of hydrogen-bond acceptors (Lipinski definition) is 7. The zero-order valence-corrected chi connectivity index (χ0v) is 16.7. The maximum absolute atomic E-state index is 11.5. The fraction of sp³-hybridized carbons (Fsp3) is 0.647. The van der Waals surface area contributed by atoms with E-state index in [0.29, 0.717) is 19.0 Å². The summed E-state index contributed by atoms with van der Waals surface area (Å²) in [6.07, 6.45) is 2.84. The van der Waals surface area contributed by atoms with Gasteiger partial charge in [-0.3, -0.25) is 4.79 Å². The summed E-state index contributed by atoms with van der Waals surface area (Å²) in [7, 11) is 1.50. The summed E-state index contributed by atoms with van der Waals surface area (Å²) >= 11 is 1.64. The van der Waals surface area contributed by atoms with Gasteiger partial charge in [0.2, 0.25) is 5.91 Å². The minimum atomic E-state index is -0.142. The second-order valence-electron chi connectivity index (χ2n) is 6.37. The molecule has 0 aliphatic carbocycles. The molecule has 0 aliphatic heterocycles. The molecule has 2 aromatic rings. The van der Waals surface area contributed by atoms with Crippen LogP contribution >= 0.6 is 11.8 Å². The highest BCUT2D eigenvalue weighted by Gasteiger charge is 2.13. The summed E-state index contributed by atoms with van der Waals surface area (Å²) in [6, 6.07) is 0. The molecule has 2 aromatic heterocycles. The number of carbonyl (C=O) groups is 1. The molecule has 9 heteroatoms. The van der Waals surface area contributed by atoms with Crippen molar-refractivity contribution in [1.29, 1.82) is 0 Å². The Morgan fingerprint density at radius 1 is 1.38 bits per heavy atom. The Morgan fingerprint density at radius 3 is 2.88 bits per heavy atom. The van der Waals surface area contributed by atoms with E-state index in [4.69, 9.17) is 4.74 Å². The van der Waals surface area contributed by atoms with Gasteiger partial charge in [-0.1, -0.05) is 32.5 Å². The van der Waals surface area contributed by atoms with Crippen LogP contribution in [0.2, 0.25) is 0 Å². The lowest BCUT2D eigenvalue weighted by atomic mass is 10.2. The van der Waals surface area contributed by atoms with Gasteiger partial charge < -0.3 is 15.4 Å². The summed E-state index contributed by atoms with van der Waals surface area (Å²) in [5.41, 5.74) is 0.783. The molecule has 0 aliphatic rings. The van der Waals surface area contributed by atoms with Crippen LogP contribution in [-0.4, -0.2) is 58.2 Å². The van der Waals surface area contributed by atoms with Gasteiger partial charge in [-0.25, -0.2) is 14.6 Å². The predicted molar refractivity (Wildman–Crippen MR) is 105 cm³/mol. The first kappa shape index (κ1) is 20.4. The Bertz CT molecular complexity index is 719. The van der Waals surface area contributed by atoms with Crippen LogP contribution < -0.4 is 10.6 Å². The second-order valence-corrected chi connectivity index (χ2v) is 7.43. The predicted octanol–water partition coefficient (Wildman–Crippen LogP) is 2.16. The first-order valence-corrected chi connectivity index (χ1v) is 9.89. The van der Waals surface area contributed by atoms with Crippen LogP contribution in [0.15, 0.2) is 11.4 Å². The summed E-state index contributed by atoms with van der Waals surface area (Å²) in [4.78, 5) is 20.8. The number of fused-ring (bicyclic) bond motifs is 1. The molecule has 0 saturated carbocycles.